The van der Waals surface area contributed by atoms with Gasteiger partial charge in [0.2, 0.25) is 0 Å². The molecule has 4 aliphatic carbocycles. The van der Waals surface area contributed by atoms with Gasteiger partial charge in [0.25, 0.3) is 0 Å². The molecule has 22 heavy (non-hydrogen) atoms. The quantitative estimate of drug-likeness (QED) is 0.622. The summed E-state index contributed by atoms with van der Waals surface area (Å²) >= 11 is 0. The van der Waals surface area contributed by atoms with Crippen molar-refractivity contribution in [3.63, 3.8) is 0 Å². The van der Waals surface area contributed by atoms with Gasteiger partial charge in [-0.15, -0.1) is 0 Å². The molecule has 2 unspecified atom stereocenters. The van der Waals surface area contributed by atoms with Gasteiger partial charge in [0, 0.05) is 11.8 Å². The first-order valence-electron chi connectivity index (χ1n) is 9.64. The highest BCUT2D eigenvalue weighted by Crippen LogP contribution is 2.67. The zero-order chi connectivity index (χ0) is 15.2. The van der Waals surface area contributed by atoms with Crippen LogP contribution in [0.15, 0.2) is 0 Å². The van der Waals surface area contributed by atoms with E-state index in [0.717, 1.165) is 30.8 Å². The van der Waals surface area contributed by atoms with E-state index < -0.39 is 0 Å². The summed E-state index contributed by atoms with van der Waals surface area (Å²) < 4.78 is 5.82. The Balaban J connectivity index is 1.45. The molecule has 122 valence electrons. The standard InChI is InChI=1S/C20H30O2/c1-18-9-10-20(12-22-20)11-13(18)3-4-14-15-5-6-17(21)19(15,2)8-7-16(14)18/h13-16H,3-12H2,1-2H3/t13?,14-,15-,16-,18-,19-,20?/m0/s1. The molecule has 0 bridgehead atoms. The SMILES string of the molecule is C[C@]12CCC3(CO3)CC1CC[C@@H]1[C@@H]2CC[C@]2(C)C(=O)CC[C@@H]12. The first-order valence-corrected chi connectivity index (χ1v) is 9.64. The molecule has 1 spiro atoms. The van der Waals surface area contributed by atoms with Crippen molar-refractivity contribution in [3.8, 4) is 0 Å². The Bertz CT molecular complexity index is 522. The number of Topliss-reactive ketones (excluding diaryl/α,β-unsaturated/α-hetero) is 1. The van der Waals surface area contributed by atoms with E-state index in [1.54, 1.807) is 0 Å². The van der Waals surface area contributed by atoms with Gasteiger partial charge in [-0.2, -0.15) is 0 Å². The summed E-state index contributed by atoms with van der Waals surface area (Å²) in [6, 6.07) is 0. The number of carbonyl (C=O) groups excluding carboxylic acids is 1. The van der Waals surface area contributed by atoms with Gasteiger partial charge in [-0.3, -0.25) is 4.79 Å². The summed E-state index contributed by atoms with van der Waals surface area (Å²) in [5.41, 5.74) is 0.885. The maximum atomic E-state index is 12.4. The fourth-order valence-electron chi connectivity index (χ4n) is 7.44. The number of fused-ring (bicyclic) bond motifs is 5. The Kier molecular flexibility index (Phi) is 2.66. The number of rotatable bonds is 0. The van der Waals surface area contributed by atoms with E-state index in [0.29, 0.717) is 22.7 Å². The number of hydrogen-bond acceptors (Lipinski definition) is 2. The van der Waals surface area contributed by atoms with Crippen molar-refractivity contribution in [2.75, 3.05) is 6.61 Å². The van der Waals surface area contributed by atoms with Crippen molar-refractivity contribution in [2.45, 2.75) is 77.2 Å². The summed E-state index contributed by atoms with van der Waals surface area (Å²) in [5.74, 6) is 3.88. The molecule has 4 saturated carbocycles. The Hall–Kier alpha value is -0.370. The van der Waals surface area contributed by atoms with Crippen molar-refractivity contribution >= 4 is 5.78 Å². The minimum Gasteiger partial charge on any atom is -0.370 e. The number of epoxide rings is 1. The van der Waals surface area contributed by atoms with Crippen LogP contribution in [0.2, 0.25) is 0 Å². The predicted molar refractivity (Wildman–Crippen MR) is 85.4 cm³/mol. The monoisotopic (exact) mass is 302 g/mol. The lowest BCUT2D eigenvalue weighted by molar-refractivity contribution is -0.140. The first-order chi connectivity index (χ1) is 10.5. The summed E-state index contributed by atoms with van der Waals surface area (Å²) in [7, 11) is 0. The molecule has 0 N–H and O–H groups in total. The maximum Gasteiger partial charge on any atom is 0.139 e. The molecule has 1 aliphatic heterocycles. The highest BCUT2D eigenvalue weighted by atomic mass is 16.6. The Morgan fingerprint density at radius 1 is 1.00 bits per heavy atom. The molecule has 1 saturated heterocycles. The topological polar surface area (TPSA) is 29.6 Å². The van der Waals surface area contributed by atoms with Crippen LogP contribution in [0.25, 0.3) is 0 Å². The normalized spacial score (nSPS) is 59.8. The minimum absolute atomic E-state index is 0.0415. The molecule has 2 heteroatoms. The van der Waals surface area contributed by atoms with Gasteiger partial charge >= 0.3 is 0 Å². The van der Waals surface area contributed by atoms with E-state index >= 15 is 0 Å². The summed E-state index contributed by atoms with van der Waals surface area (Å²) in [5, 5.41) is 0. The molecule has 0 aromatic carbocycles. The van der Waals surface area contributed by atoms with Crippen molar-refractivity contribution in [1.82, 2.24) is 0 Å². The van der Waals surface area contributed by atoms with Crippen LogP contribution in [0.4, 0.5) is 0 Å². The Labute approximate surface area is 134 Å². The first kappa shape index (κ1) is 14.0. The molecule has 0 amide bonds. The largest absolute Gasteiger partial charge is 0.370 e. The molecular formula is C20H30O2. The molecule has 5 aliphatic rings. The van der Waals surface area contributed by atoms with Crippen LogP contribution in [-0.2, 0) is 9.53 Å². The Morgan fingerprint density at radius 2 is 1.82 bits per heavy atom. The van der Waals surface area contributed by atoms with Gasteiger partial charge in [-0.05, 0) is 80.5 Å². The van der Waals surface area contributed by atoms with Crippen molar-refractivity contribution in [1.29, 1.82) is 0 Å². The van der Waals surface area contributed by atoms with Crippen molar-refractivity contribution in [3.05, 3.63) is 0 Å². The highest BCUT2D eigenvalue weighted by Gasteiger charge is 2.63. The fourth-order valence-corrected chi connectivity index (χ4v) is 7.44. The average Bonchev–Trinajstić information content (AvgIpc) is 3.19. The number of ether oxygens (including phenoxy) is 1. The van der Waals surface area contributed by atoms with Gasteiger partial charge in [-0.1, -0.05) is 13.8 Å². The van der Waals surface area contributed by atoms with E-state index in [-0.39, 0.29) is 5.41 Å². The summed E-state index contributed by atoms with van der Waals surface area (Å²) in [6.45, 7) is 5.93. The number of ketones is 1. The van der Waals surface area contributed by atoms with E-state index in [1.165, 1.54) is 51.4 Å². The molecule has 0 aromatic rings. The average molecular weight is 302 g/mol. The van der Waals surface area contributed by atoms with Crippen LogP contribution in [-0.4, -0.2) is 18.0 Å². The molecule has 7 atom stereocenters. The molecule has 5 fully saturated rings. The lowest BCUT2D eigenvalue weighted by Gasteiger charge is -2.60. The third-order valence-corrected chi connectivity index (χ3v) is 9.06. The van der Waals surface area contributed by atoms with Gasteiger partial charge in [0.1, 0.15) is 5.78 Å². The van der Waals surface area contributed by atoms with Gasteiger partial charge in [-0.25, -0.2) is 0 Å². The zero-order valence-corrected chi connectivity index (χ0v) is 14.2. The summed E-state index contributed by atoms with van der Waals surface area (Å²) in [6.07, 6.45) is 11.3. The van der Waals surface area contributed by atoms with Crippen LogP contribution in [0.5, 0.6) is 0 Å². The van der Waals surface area contributed by atoms with Crippen LogP contribution in [0.1, 0.15) is 71.6 Å². The number of carbonyl (C=O) groups is 1. The van der Waals surface area contributed by atoms with E-state index in [1.807, 2.05) is 0 Å². The van der Waals surface area contributed by atoms with Crippen molar-refractivity contribution < 1.29 is 9.53 Å². The third kappa shape index (κ3) is 1.63. The molecule has 1 heterocycles. The molecule has 0 radical (unpaired) electrons. The third-order valence-electron chi connectivity index (χ3n) is 9.06. The van der Waals surface area contributed by atoms with Crippen LogP contribution < -0.4 is 0 Å². The lowest BCUT2D eigenvalue weighted by atomic mass is 9.44. The second kappa shape index (κ2) is 4.18. The van der Waals surface area contributed by atoms with E-state index in [2.05, 4.69) is 13.8 Å². The van der Waals surface area contributed by atoms with Gasteiger partial charge < -0.3 is 4.74 Å². The maximum absolute atomic E-state index is 12.4. The second-order valence-corrected chi connectivity index (χ2v) is 9.75. The summed E-state index contributed by atoms with van der Waals surface area (Å²) in [4.78, 5) is 12.4. The fraction of sp³-hybridized carbons (Fsp3) is 0.950. The van der Waals surface area contributed by atoms with Crippen LogP contribution in [0, 0.1) is 34.5 Å². The minimum atomic E-state index is 0.0415. The van der Waals surface area contributed by atoms with Crippen molar-refractivity contribution in [2.24, 2.45) is 34.5 Å². The molecule has 0 aromatic heterocycles. The van der Waals surface area contributed by atoms with E-state index in [9.17, 15) is 4.79 Å². The van der Waals surface area contributed by atoms with Crippen LogP contribution in [0.3, 0.4) is 0 Å². The zero-order valence-electron chi connectivity index (χ0n) is 14.2. The highest BCUT2D eigenvalue weighted by molar-refractivity contribution is 5.87. The smallest absolute Gasteiger partial charge is 0.139 e. The molecular weight excluding hydrogens is 272 g/mol. The second-order valence-electron chi connectivity index (χ2n) is 9.75. The van der Waals surface area contributed by atoms with Crippen LogP contribution >= 0.6 is 0 Å². The lowest BCUT2D eigenvalue weighted by Crippen LogP contribution is -2.54. The van der Waals surface area contributed by atoms with Gasteiger partial charge in [0.15, 0.2) is 0 Å². The Morgan fingerprint density at radius 3 is 2.59 bits per heavy atom. The predicted octanol–water partition coefficient (Wildman–Crippen LogP) is 4.37. The van der Waals surface area contributed by atoms with E-state index in [4.69, 9.17) is 4.74 Å². The van der Waals surface area contributed by atoms with Gasteiger partial charge in [0.05, 0.1) is 12.2 Å². The molecule has 2 nitrogen and oxygen atoms in total. The number of hydrogen-bond donors (Lipinski definition) is 0. The molecule has 5 rings (SSSR count).